The number of carbonyl (C=O) groups excluding carboxylic acids is 1. The first-order chi connectivity index (χ1) is 8.86. The third-order valence-corrected chi connectivity index (χ3v) is 3.18. The first-order valence-corrected chi connectivity index (χ1v) is 6.75. The molecule has 1 rings (SSSR count). The fourth-order valence-corrected chi connectivity index (χ4v) is 2.02. The van der Waals surface area contributed by atoms with Gasteiger partial charge in [-0.05, 0) is 13.2 Å². The van der Waals surface area contributed by atoms with Crippen molar-refractivity contribution in [2.45, 2.75) is 18.9 Å². The number of aliphatic carboxylic acids is 1. The van der Waals surface area contributed by atoms with Gasteiger partial charge < -0.3 is 15.4 Å². The zero-order valence-electron chi connectivity index (χ0n) is 10.8. The normalized spacial score (nSPS) is 11.9. The van der Waals surface area contributed by atoms with Crippen LogP contribution in [0.3, 0.4) is 0 Å². The first kappa shape index (κ1) is 15.2. The minimum absolute atomic E-state index is 0.0144. The Balaban J connectivity index is 2.94. The molecule has 1 aromatic rings. The highest BCUT2D eigenvalue weighted by atomic mass is 32.2. The minimum Gasteiger partial charge on any atom is -0.481 e. The van der Waals surface area contributed by atoms with Crippen LogP contribution in [0.1, 0.15) is 23.0 Å². The Morgan fingerprint density at radius 1 is 1.53 bits per heavy atom. The van der Waals surface area contributed by atoms with E-state index < -0.39 is 23.5 Å². The molecule has 0 saturated carbocycles. The Labute approximate surface area is 113 Å². The summed E-state index contributed by atoms with van der Waals surface area (Å²) in [7, 11) is 0. The highest BCUT2D eigenvalue weighted by Crippen LogP contribution is 2.17. The molecule has 1 aromatic heterocycles. The highest BCUT2D eigenvalue weighted by Gasteiger charge is 2.18. The Morgan fingerprint density at radius 3 is 2.68 bits per heavy atom. The molecule has 1 atom stereocenters. The van der Waals surface area contributed by atoms with Gasteiger partial charge in [-0.3, -0.25) is 9.59 Å². The van der Waals surface area contributed by atoms with Crippen molar-refractivity contribution >= 4 is 23.6 Å². The van der Waals surface area contributed by atoms with Crippen molar-refractivity contribution < 1.29 is 14.7 Å². The number of nitrogens with zero attached hydrogens (tertiary/aromatic N) is 1. The average Bonchev–Trinajstić information content (AvgIpc) is 2.34. The van der Waals surface area contributed by atoms with Crippen LogP contribution in [0.15, 0.2) is 9.82 Å². The second-order valence-electron chi connectivity index (χ2n) is 4.00. The molecule has 0 fully saturated rings. The third kappa shape index (κ3) is 3.82. The Bertz CT molecular complexity index is 555. The molecule has 7 nitrogen and oxygen atoms in total. The number of aromatic amines is 1. The molecule has 0 spiro atoms. The van der Waals surface area contributed by atoms with Crippen molar-refractivity contribution in [3.8, 4) is 0 Å². The SMILES string of the molecule is CSc1nc(=O)[nH]c(C)c1C(=O)NCC(C)C(=O)O. The molecule has 0 aliphatic carbocycles. The quantitative estimate of drug-likeness (QED) is 0.528. The molecular formula is C11H15N3O4S. The summed E-state index contributed by atoms with van der Waals surface area (Å²) in [4.78, 5) is 40.0. The lowest BCUT2D eigenvalue weighted by Crippen LogP contribution is -2.33. The standard InChI is InChI=1S/C11H15N3O4S/c1-5(10(16)17)4-12-8(15)7-6(2)13-11(18)14-9(7)19-3/h5H,4H2,1-3H3,(H,12,15)(H,16,17)(H,13,14,18). The maximum Gasteiger partial charge on any atom is 0.346 e. The van der Waals surface area contributed by atoms with Crippen molar-refractivity contribution in [1.82, 2.24) is 15.3 Å². The predicted molar refractivity (Wildman–Crippen MR) is 70.5 cm³/mol. The van der Waals surface area contributed by atoms with Crippen molar-refractivity contribution in [1.29, 1.82) is 0 Å². The van der Waals surface area contributed by atoms with Crippen LogP contribution in [0.5, 0.6) is 0 Å². The van der Waals surface area contributed by atoms with E-state index in [1.807, 2.05) is 0 Å². The van der Waals surface area contributed by atoms with Gasteiger partial charge in [0, 0.05) is 12.2 Å². The number of carbonyl (C=O) groups is 2. The lowest BCUT2D eigenvalue weighted by atomic mass is 10.1. The molecule has 3 N–H and O–H groups in total. The van der Waals surface area contributed by atoms with E-state index in [1.165, 1.54) is 18.7 Å². The molecule has 1 amide bonds. The minimum atomic E-state index is -0.985. The number of aromatic nitrogens is 2. The largest absolute Gasteiger partial charge is 0.481 e. The van der Waals surface area contributed by atoms with Crippen LogP contribution in [0.25, 0.3) is 0 Å². The number of carboxylic acid groups (broad SMARTS) is 1. The number of hydrogen-bond donors (Lipinski definition) is 3. The topological polar surface area (TPSA) is 112 Å². The van der Waals surface area contributed by atoms with Crippen molar-refractivity contribution in [2.75, 3.05) is 12.8 Å². The molecule has 0 aliphatic rings. The average molecular weight is 285 g/mol. The fraction of sp³-hybridized carbons (Fsp3) is 0.455. The number of carboxylic acids is 1. The second-order valence-corrected chi connectivity index (χ2v) is 4.80. The number of H-pyrrole nitrogens is 1. The molecule has 0 saturated heterocycles. The summed E-state index contributed by atoms with van der Waals surface area (Å²) in [6, 6.07) is 0. The molecule has 1 unspecified atom stereocenters. The van der Waals surface area contributed by atoms with Gasteiger partial charge in [-0.1, -0.05) is 6.92 Å². The van der Waals surface area contributed by atoms with Gasteiger partial charge in [-0.15, -0.1) is 11.8 Å². The number of thioether (sulfide) groups is 1. The second kappa shape index (κ2) is 6.37. The summed E-state index contributed by atoms with van der Waals surface area (Å²) >= 11 is 1.18. The molecule has 1 heterocycles. The zero-order chi connectivity index (χ0) is 14.6. The number of hydrogen-bond acceptors (Lipinski definition) is 5. The van der Waals surface area contributed by atoms with Gasteiger partial charge in [0.1, 0.15) is 5.03 Å². The molecule has 0 aromatic carbocycles. The summed E-state index contributed by atoms with van der Waals surface area (Å²) in [5.74, 6) is -2.11. The van der Waals surface area contributed by atoms with Crippen LogP contribution in [0, 0.1) is 12.8 Å². The van der Waals surface area contributed by atoms with E-state index in [0.29, 0.717) is 10.7 Å². The van der Waals surface area contributed by atoms with E-state index in [-0.39, 0.29) is 12.1 Å². The van der Waals surface area contributed by atoms with E-state index in [2.05, 4.69) is 15.3 Å². The summed E-state index contributed by atoms with van der Waals surface area (Å²) in [5.41, 5.74) is 0.159. The lowest BCUT2D eigenvalue weighted by molar-refractivity contribution is -0.140. The van der Waals surface area contributed by atoms with Gasteiger partial charge >= 0.3 is 11.7 Å². The number of amides is 1. The number of aryl methyl sites for hydroxylation is 1. The van der Waals surface area contributed by atoms with E-state index >= 15 is 0 Å². The van der Waals surface area contributed by atoms with E-state index in [0.717, 1.165) is 0 Å². The molecule has 0 aliphatic heterocycles. The maximum atomic E-state index is 12.0. The molecule has 8 heteroatoms. The summed E-state index contributed by atoms with van der Waals surface area (Å²) in [6.07, 6.45) is 1.71. The maximum absolute atomic E-state index is 12.0. The van der Waals surface area contributed by atoms with Crippen LogP contribution in [0.2, 0.25) is 0 Å². The summed E-state index contributed by atoms with van der Waals surface area (Å²) in [5, 5.41) is 11.6. The van der Waals surface area contributed by atoms with E-state index in [1.54, 1.807) is 13.2 Å². The van der Waals surface area contributed by atoms with Crippen LogP contribution in [0.4, 0.5) is 0 Å². The predicted octanol–water partition coefficient (Wildman–Crippen LogP) is 0.251. The lowest BCUT2D eigenvalue weighted by Gasteiger charge is -2.11. The molecule has 0 radical (unpaired) electrons. The van der Waals surface area contributed by atoms with Crippen LogP contribution >= 0.6 is 11.8 Å². The van der Waals surface area contributed by atoms with Gasteiger partial charge in [0.15, 0.2) is 0 Å². The summed E-state index contributed by atoms with van der Waals surface area (Å²) < 4.78 is 0. The highest BCUT2D eigenvalue weighted by molar-refractivity contribution is 7.98. The van der Waals surface area contributed by atoms with Crippen molar-refractivity contribution in [3.63, 3.8) is 0 Å². The zero-order valence-corrected chi connectivity index (χ0v) is 11.6. The Hall–Kier alpha value is -1.83. The first-order valence-electron chi connectivity index (χ1n) is 5.52. The van der Waals surface area contributed by atoms with Gasteiger partial charge in [-0.2, -0.15) is 4.98 Å². The molecular weight excluding hydrogens is 270 g/mol. The summed E-state index contributed by atoms with van der Waals surface area (Å²) in [6.45, 7) is 3.11. The van der Waals surface area contributed by atoms with Crippen molar-refractivity contribution in [3.05, 3.63) is 21.7 Å². The van der Waals surface area contributed by atoms with Crippen LogP contribution < -0.4 is 11.0 Å². The van der Waals surface area contributed by atoms with Crippen LogP contribution in [-0.4, -0.2) is 39.8 Å². The number of rotatable bonds is 5. The fourth-order valence-electron chi connectivity index (χ4n) is 1.40. The van der Waals surface area contributed by atoms with Gasteiger partial charge in [0.05, 0.1) is 11.5 Å². The molecule has 0 bridgehead atoms. The van der Waals surface area contributed by atoms with Crippen molar-refractivity contribution in [2.24, 2.45) is 5.92 Å². The Kier molecular flexibility index (Phi) is 5.11. The van der Waals surface area contributed by atoms with Gasteiger partial charge in [0.2, 0.25) is 0 Å². The molecule has 19 heavy (non-hydrogen) atoms. The Morgan fingerprint density at radius 2 is 2.16 bits per heavy atom. The van der Waals surface area contributed by atoms with Crippen LogP contribution in [-0.2, 0) is 4.79 Å². The van der Waals surface area contributed by atoms with Gasteiger partial charge in [0.25, 0.3) is 5.91 Å². The van der Waals surface area contributed by atoms with E-state index in [9.17, 15) is 14.4 Å². The smallest absolute Gasteiger partial charge is 0.346 e. The monoisotopic (exact) mass is 285 g/mol. The van der Waals surface area contributed by atoms with Gasteiger partial charge in [-0.25, -0.2) is 4.79 Å². The number of nitrogens with one attached hydrogen (secondary N) is 2. The molecule has 104 valence electrons. The van der Waals surface area contributed by atoms with E-state index in [4.69, 9.17) is 5.11 Å². The third-order valence-electron chi connectivity index (χ3n) is 2.50.